The van der Waals surface area contributed by atoms with E-state index < -0.39 is 5.97 Å². The molecule has 0 saturated carbocycles. The lowest BCUT2D eigenvalue weighted by atomic mass is 10.2. The van der Waals surface area contributed by atoms with Crippen molar-refractivity contribution >= 4 is 16.9 Å². The number of aromatic amines is 1. The smallest absolute Gasteiger partial charge is 0.311 e. The number of H-pyrrole nitrogens is 1. The summed E-state index contributed by atoms with van der Waals surface area (Å²) in [5, 5.41) is 9.03. The van der Waals surface area contributed by atoms with Gasteiger partial charge in [0.15, 0.2) is 0 Å². The SMILES string of the molecule is O=C(O)Cc1nc2ccccc2c(=O)[nH]1. The van der Waals surface area contributed by atoms with Crippen LogP contribution in [0, 0.1) is 0 Å². The lowest BCUT2D eigenvalue weighted by Gasteiger charge is -1.99. The van der Waals surface area contributed by atoms with Gasteiger partial charge in [0.05, 0.1) is 10.9 Å². The largest absolute Gasteiger partial charge is 0.481 e. The van der Waals surface area contributed by atoms with Gasteiger partial charge in [0.1, 0.15) is 12.2 Å². The Balaban J connectivity index is 2.62. The lowest BCUT2D eigenvalue weighted by Crippen LogP contribution is -2.14. The van der Waals surface area contributed by atoms with E-state index in [9.17, 15) is 9.59 Å². The first-order chi connectivity index (χ1) is 7.16. The molecule has 0 aliphatic heterocycles. The highest BCUT2D eigenvalue weighted by Crippen LogP contribution is 2.05. The van der Waals surface area contributed by atoms with Crippen LogP contribution < -0.4 is 5.56 Å². The summed E-state index contributed by atoms with van der Waals surface area (Å²) in [5.41, 5.74) is 0.203. The van der Waals surface area contributed by atoms with E-state index in [1.54, 1.807) is 24.3 Å². The molecule has 0 radical (unpaired) electrons. The summed E-state index contributed by atoms with van der Waals surface area (Å²) >= 11 is 0. The number of rotatable bonds is 2. The van der Waals surface area contributed by atoms with Gasteiger partial charge in [0.25, 0.3) is 5.56 Å². The van der Waals surface area contributed by atoms with Crippen LogP contribution in [0.25, 0.3) is 10.9 Å². The van der Waals surface area contributed by atoms with E-state index in [1.165, 1.54) is 0 Å². The Hall–Kier alpha value is -2.17. The monoisotopic (exact) mass is 204 g/mol. The summed E-state index contributed by atoms with van der Waals surface area (Å²) in [6.45, 7) is 0. The van der Waals surface area contributed by atoms with Gasteiger partial charge in [-0.05, 0) is 12.1 Å². The maximum absolute atomic E-state index is 11.5. The molecule has 0 aliphatic rings. The van der Waals surface area contributed by atoms with E-state index in [-0.39, 0.29) is 17.8 Å². The van der Waals surface area contributed by atoms with Gasteiger partial charge in [0, 0.05) is 0 Å². The van der Waals surface area contributed by atoms with Crippen LogP contribution in [-0.2, 0) is 11.2 Å². The first kappa shape index (κ1) is 9.39. The molecule has 0 amide bonds. The number of nitrogens with one attached hydrogen (secondary N) is 1. The minimum Gasteiger partial charge on any atom is -0.481 e. The number of hydrogen-bond acceptors (Lipinski definition) is 3. The highest BCUT2D eigenvalue weighted by atomic mass is 16.4. The number of fused-ring (bicyclic) bond motifs is 1. The van der Waals surface area contributed by atoms with Crippen molar-refractivity contribution in [2.24, 2.45) is 0 Å². The maximum atomic E-state index is 11.5. The molecule has 1 aromatic carbocycles. The van der Waals surface area contributed by atoms with Crippen molar-refractivity contribution in [3.05, 3.63) is 40.4 Å². The Morgan fingerprint density at radius 1 is 1.40 bits per heavy atom. The molecule has 2 rings (SSSR count). The molecule has 5 nitrogen and oxygen atoms in total. The fourth-order valence-electron chi connectivity index (χ4n) is 1.36. The molecule has 2 N–H and O–H groups in total. The van der Waals surface area contributed by atoms with Crippen LogP contribution >= 0.6 is 0 Å². The number of carboxylic acid groups (broad SMARTS) is 1. The second-order valence-electron chi connectivity index (χ2n) is 3.10. The zero-order valence-corrected chi connectivity index (χ0v) is 7.73. The zero-order valence-electron chi connectivity index (χ0n) is 7.73. The van der Waals surface area contributed by atoms with Crippen LogP contribution in [0.15, 0.2) is 29.1 Å². The van der Waals surface area contributed by atoms with Crippen molar-refractivity contribution < 1.29 is 9.90 Å². The van der Waals surface area contributed by atoms with Gasteiger partial charge in [0.2, 0.25) is 0 Å². The molecule has 15 heavy (non-hydrogen) atoms. The Bertz CT molecular complexity index is 574. The Kier molecular flexibility index (Phi) is 2.21. The van der Waals surface area contributed by atoms with E-state index in [0.717, 1.165) is 0 Å². The van der Waals surface area contributed by atoms with E-state index in [4.69, 9.17) is 5.11 Å². The molecular formula is C10H8N2O3. The van der Waals surface area contributed by atoms with Gasteiger partial charge in [-0.3, -0.25) is 9.59 Å². The van der Waals surface area contributed by atoms with E-state index in [0.29, 0.717) is 10.9 Å². The predicted octanol–water partition coefficient (Wildman–Crippen LogP) is 0.550. The zero-order chi connectivity index (χ0) is 10.8. The molecule has 0 spiro atoms. The summed E-state index contributed by atoms with van der Waals surface area (Å²) in [6.07, 6.45) is -0.278. The number of aliphatic carboxylic acids is 1. The van der Waals surface area contributed by atoms with E-state index >= 15 is 0 Å². The third-order valence-corrected chi connectivity index (χ3v) is 1.98. The van der Waals surface area contributed by atoms with Gasteiger partial charge < -0.3 is 10.1 Å². The molecule has 0 bridgehead atoms. The molecule has 0 fully saturated rings. The molecule has 1 heterocycles. The third-order valence-electron chi connectivity index (χ3n) is 1.98. The van der Waals surface area contributed by atoms with Crippen LogP contribution in [0.5, 0.6) is 0 Å². The normalized spacial score (nSPS) is 10.4. The minimum absolute atomic E-state index is 0.172. The predicted molar refractivity (Wildman–Crippen MR) is 53.7 cm³/mol. The van der Waals surface area contributed by atoms with Crippen molar-refractivity contribution in [2.45, 2.75) is 6.42 Å². The summed E-state index contributed by atoms with van der Waals surface area (Å²) < 4.78 is 0. The van der Waals surface area contributed by atoms with Crippen molar-refractivity contribution in [2.75, 3.05) is 0 Å². The first-order valence-electron chi connectivity index (χ1n) is 4.36. The van der Waals surface area contributed by atoms with Crippen LogP contribution in [0.2, 0.25) is 0 Å². The average molecular weight is 204 g/mol. The lowest BCUT2D eigenvalue weighted by molar-refractivity contribution is -0.136. The fourth-order valence-corrected chi connectivity index (χ4v) is 1.36. The number of hydrogen-bond donors (Lipinski definition) is 2. The number of para-hydroxylation sites is 1. The number of aromatic nitrogens is 2. The fraction of sp³-hybridized carbons (Fsp3) is 0.100. The summed E-state index contributed by atoms with van der Waals surface area (Å²) in [4.78, 5) is 28.4. The Morgan fingerprint density at radius 2 is 2.13 bits per heavy atom. The van der Waals surface area contributed by atoms with Crippen LogP contribution in [0.4, 0.5) is 0 Å². The van der Waals surface area contributed by atoms with Crippen LogP contribution in [-0.4, -0.2) is 21.0 Å². The van der Waals surface area contributed by atoms with Gasteiger partial charge in [-0.1, -0.05) is 12.1 Å². The Morgan fingerprint density at radius 3 is 2.87 bits per heavy atom. The molecule has 76 valence electrons. The number of benzene rings is 1. The van der Waals surface area contributed by atoms with Gasteiger partial charge in [-0.2, -0.15) is 0 Å². The third kappa shape index (κ3) is 1.85. The number of carboxylic acids is 1. The van der Waals surface area contributed by atoms with Crippen LogP contribution in [0.3, 0.4) is 0 Å². The highest BCUT2D eigenvalue weighted by Gasteiger charge is 2.06. The minimum atomic E-state index is -1.02. The van der Waals surface area contributed by atoms with E-state index in [1.807, 2.05) is 0 Å². The van der Waals surface area contributed by atoms with Gasteiger partial charge >= 0.3 is 5.97 Å². The van der Waals surface area contributed by atoms with Crippen molar-refractivity contribution in [1.82, 2.24) is 9.97 Å². The molecule has 0 aliphatic carbocycles. The van der Waals surface area contributed by atoms with Crippen LogP contribution in [0.1, 0.15) is 5.82 Å². The Labute approximate surface area is 84.4 Å². The van der Waals surface area contributed by atoms with Gasteiger partial charge in [-0.25, -0.2) is 4.98 Å². The maximum Gasteiger partial charge on any atom is 0.311 e. The standard InChI is InChI=1S/C10H8N2O3/c13-9(14)5-8-11-7-4-2-1-3-6(7)10(15)12-8/h1-4H,5H2,(H,13,14)(H,11,12,15). The summed E-state index contributed by atoms with van der Waals surface area (Å²) in [7, 11) is 0. The summed E-state index contributed by atoms with van der Waals surface area (Å²) in [5.74, 6) is -0.848. The molecule has 0 saturated heterocycles. The summed E-state index contributed by atoms with van der Waals surface area (Å²) in [6, 6.07) is 6.80. The molecule has 1 aromatic heterocycles. The quantitative estimate of drug-likeness (QED) is 0.748. The van der Waals surface area contributed by atoms with E-state index in [2.05, 4.69) is 9.97 Å². The van der Waals surface area contributed by atoms with Crippen molar-refractivity contribution in [3.8, 4) is 0 Å². The second-order valence-corrected chi connectivity index (χ2v) is 3.10. The number of nitrogens with zero attached hydrogens (tertiary/aromatic N) is 1. The highest BCUT2D eigenvalue weighted by molar-refractivity contribution is 5.78. The van der Waals surface area contributed by atoms with Crippen molar-refractivity contribution in [1.29, 1.82) is 0 Å². The topological polar surface area (TPSA) is 83.0 Å². The first-order valence-corrected chi connectivity index (χ1v) is 4.36. The molecule has 0 atom stereocenters. The molecular weight excluding hydrogens is 196 g/mol. The van der Waals surface area contributed by atoms with Gasteiger partial charge in [-0.15, -0.1) is 0 Å². The second kappa shape index (κ2) is 3.53. The molecule has 0 unspecified atom stereocenters. The van der Waals surface area contributed by atoms with Crippen molar-refractivity contribution in [3.63, 3.8) is 0 Å². The molecule has 2 aromatic rings. The average Bonchev–Trinajstić information content (AvgIpc) is 2.16. The molecule has 5 heteroatoms. The number of carbonyl (C=O) groups is 1.